The van der Waals surface area contributed by atoms with Crippen molar-refractivity contribution < 1.29 is 15.6 Å². The molecular formula is C7H15NO2. The molecule has 0 bridgehead atoms. The van der Waals surface area contributed by atoms with Crippen LogP contribution in [0.4, 0.5) is 0 Å². The largest absolute Gasteiger partial charge is 0.545 e. The van der Waals surface area contributed by atoms with Gasteiger partial charge >= 0.3 is 0 Å². The average Bonchev–Trinajstić information content (AvgIpc) is 1.85. The van der Waals surface area contributed by atoms with Crippen molar-refractivity contribution in [3.05, 3.63) is 12.2 Å². The number of carbonyl (C=O) groups is 1. The second-order valence-electron chi connectivity index (χ2n) is 1.63. The smallest absolute Gasteiger partial charge is 0.0711 e. The molecule has 0 fully saturated rings. The summed E-state index contributed by atoms with van der Waals surface area (Å²) in [6.45, 7) is 4.87. The van der Waals surface area contributed by atoms with Crippen LogP contribution in [0.2, 0.25) is 0 Å². The normalized spacial score (nSPS) is 8.70. The maximum atomic E-state index is 9.56. The van der Waals surface area contributed by atoms with E-state index in [2.05, 4.69) is 5.73 Å². The Hall–Kier alpha value is -0.830. The highest BCUT2D eigenvalue weighted by molar-refractivity contribution is 5.77. The van der Waals surface area contributed by atoms with Gasteiger partial charge in [0, 0.05) is 0 Å². The van der Waals surface area contributed by atoms with Crippen LogP contribution in [0.1, 0.15) is 20.3 Å². The third kappa shape index (κ3) is 27.2. The van der Waals surface area contributed by atoms with Crippen LogP contribution in [-0.2, 0) is 4.79 Å². The first-order chi connectivity index (χ1) is 4.68. The van der Waals surface area contributed by atoms with Gasteiger partial charge in [0.25, 0.3) is 0 Å². The van der Waals surface area contributed by atoms with Crippen molar-refractivity contribution >= 4 is 5.97 Å². The molecule has 0 saturated heterocycles. The van der Waals surface area contributed by atoms with Crippen LogP contribution in [-0.4, -0.2) is 12.5 Å². The fourth-order valence-electron chi connectivity index (χ4n) is 0.214. The molecule has 0 aromatic carbocycles. The fourth-order valence-corrected chi connectivity index (χ4v) is 0.214. The number of aliphatic carboxylic acids is 1. The molecule has 3 heteroatoms. The number of carboxylic acid groups (broad SMARTS) is 1. The number of rotatable bonds is 2. The molecule has 3 N–H and O–H groups in total. The topological polar surface area (TPSA) is 67.8 Å². The van der Waals surface area contributed by atoms with Crippen molar-refractivity contribution in [1.29, 1.82) is 0 Å². The molecule has 0 aromatic heterocycles. The third-order valence-electron chi connectivity index (χ3n) is 0.490. The lowest BCUT2D eigenvalue weighted by molar-refractivity contribution is -0.361. The lowest BCUT2D eigenvalue weighted by atomic mass is 10.4. The molecule has 3 nitrogen and oxygen atoms in total. The van der Waals surface area contributed by atoms with Crippen LogP contribution in [0.15, 0.2) is 12.2 Å². The summed E-state index contributed by atoms with van der Waals surface area (Å²) in [6, 6.07) is 0. The number of allylic oxidation sites excluding steroid dienone is 1. The predicted molar refractivity (Wildman–Crippen MR) is 37.9 cm³/mol. The van der Waals surface area contributed by atoms with E-state index in [-0.39, 0.29) is 0 Å². The fraction of sp³-hybridized carbons (Fsp3) is 0.571. The van der Waals surface area contributed by atoms with Crippen molar-refractivity contribution in [1.82, 2.24) is 0 Å². The first-order valence-corrected chi connectivity index (χ1v) is 3.35. The molecule has 0 saturated carbocycles. The van der Waals surface area contributed by atoms with E-state index in [1.807, 2.05) is 13.8 Å². The Morgan fingerprint density at radius 1 is 1.60 bits per heavy atom. The SMILES string of the molecule is CC/C=C/C(=O)[O-].CC[NH3+]. The molecule has 0 atom stereocenters. The van der Waals surface area contributed by atoms with Crippen molar-refractivity contribution in [3.8, 4) is 0 Å². The summed E-state index contributed by atoms with van der Waals surface area (Å²) in [6.07, 6.45) is 3.31. The number of quaternary nitrogens is 1. The highest BCUT2D eigenvalue weighted by Gasteiger charge is 1.66. The van der Waals surface area contributed by atoms with E-state index in [1.165, 1.54) is 6.08 Å². The Balaban J connectivity index is 0. The van der Waals surface area contributed by atoms with E-state index >= 15 is 0 Å². The Labute approximate surface area is 61.5 Å². The number of carbonyl (C=O) groups excluding carboxylic acids is 1. The Morgan fingerprint density at radius 3 is 2.10 bits per heavy atom. The summed E-state index contributed by atoms with van der Waals surface area (Å²) in [7, 11) is 0. The van der Waals surface area contributed by atoms with Gasteiger partial charge in [0.05, 0.1) is 12.5 Å². The van der Waals surface area contributed by atoms with Crippen LogP contribution in [0.3, 0.4) is 0 Å². The van der Waals surface area contributed by atoms with Crippen molar-refractivity contribution in [2.75, 3.05) is 6.54 Å². The van der Waals surface area contributed by atoms with Gasteiger partial charge in [0.2, 0.25) is 0 Å². The molecule has 0 radical (unpaired) electrons. The van der Waals surface area contributed by atoms with E-state index in [0.717, 1.165) is 19.0 Å². The summed E-state index contributed by atoms with van der Waals surface area (Å²) in [4.78, 5) is 9.56. The molecule has 0 amide bonds. The zero-order chi connectivity index (χ0) is 8.41. The average molecular weight is 145 g/mol. The van der Waals surface area contributed by atoms with E-state index in [4.69, 9.17) is 0 Å². The molecule has 0 spiro atoms. The highest BCUT2D eigenvalue weighted by atomic mass is 16.4. The molecule has 0 aliphatic rings. The molecule has 0 heterocycles. The van der Waals surface area contributed by atoms with Crippen LogP contribution >= 0.6 is 0 Å². The quantitative estimate of drug-likeness (QED) is 0.504. The van der Waals surface area contributed by atoms with E-state index < -0.39 is 5.97 Å². The number of hydrogen-bond donors (Lipinski definition) is 1. The lowest BCUT2D eigenvalue weighted by Gasteiger charge is -1.85. The van der Waals surface area contributed by atoms with Gasteiger partial charge < -0.3 is 15.6 Å². The van der Waals surface area contributed by atoms with Gasteiger partial charge in [-0.1, -0.05) is 13.0 Å². The van der Waals surface area contributed by atoms with E-state index in [0.29, 0.717) is 0 Å². The zero-order valence-electron chi connectivity index (χ0n) is 6.59. The minimum atomic E-state index is -1.12. The highest BCUT2D eigenvalue weighted by Crippen LogP contribution is 1.75. The van der Waals surface area contributed by atoms with E-state index in [1.54, 1.807) is 0 Å². The predicted octanol–water partition coefficient (Wildman–Crippen LogP) is -1.05. The molecule has 0 aromatic rings. The zero-order valence-corrected chi connectivity index (χ0v) is 6.59. The number of hydrogen-bond acceptors (Lipinski definition) is 2. The van der Waals surface area contributed by atoms with Gasteiger partial charge in [-0.25, -0.2) is 0 Å². The second kappa shape index (κ2) is 11.0. The lowest BCUT2D eigenvalue weighted by Crippen LogP contribution is -2.48. The monoisotopic (exact) mass is 145 g/mol. The molecule has 0 aliphatic heterocycles. The molecule has 10 heavy (non-hydrogen) atoms. The summed E-state index contributed by atoms with van der Waals surface area (Å²) < 4.78 is 0. The minimum Gasteiger partial charge on any atom is -0.545 e. The van der Waals surface area contributed by atoms with Gasteiger partial charge in [-0.15, -0.1) is 0 Å². The van der Waals surface area contributed by atoms with Crippen LogP contribution in [0.5, 0.6) is 0 Å². The molecule has 0 rings (SSSR count). The molecular weight excluding hydrogens is 130 g/mol. The van der Waals surface area contributed by atoms with Crippen molar-refractivity contribution in [2.24, 2.45) is 0 Å². The maximum absolute atomic E-state index is 9.56. The summed E-state index contributed by atoms with van der Waals surface area (Å²) in [5.74, 6) is -1.12. The number of carboxylic acids is 1. The molecule has 0 aliphatic carbocycles. The minimum absolute atomic E-state index is 0.744. The van der Waals surface area contributed by atoms with Crippen molar-refractivity contribution in [3.63, 3.8) is 0 Å². The van der Waals surface area contributed by atoms with E-state index in [9.17, 15) is 9.90 Å². The van der Waals surface area contributed by atoms with Crippen LogP contribution in [0.25, 0.3) is 0 Å². The van der Waals surface area contributed by atoms with Crippen molar-refractivity contribution in [2.45, 2.75) is 20.3 Å². The summed E-state index contributed by atoms with van der Waals surface area (Å²) in [5.41, 5.74) is 3.49. The second-order valence-corrected chi connectivity index (χ2v) is 1.63. The first kappa shape index (κ1) is 11.9. The Bertz CT molecular complexity index is 99.8. The van der Waals surface area contributed by atoms with Crippen LogP contribution < -0.4 is 10.8 Å². The van der Waals surface area contributed by atoms with Crippen LogP contribution in [0, 0.1) is 0 Å². The molecule has 60 valence electrons. The Kier molecular flexibility index (Phi) is 13.1. The van der Waals surface area contributed by atoms with Gasteiger partial charge in [0.15, 0.2) is 0 Å². The molecule has 0 unspecified atom stereocenters. The summed E-state index contributed by atoms with van der Waals surface area (Å²) in [5, 5.41) is 9.56. The van der Waals surface area contributed by atoms with Gasteiger partial charge in [-0.05, 0) is 19.4 Å². The standard InChI is InChI=1S/C5H8O2.C2H7N/c1-2-3-4-5(6)7;1-2-3/h3-4H,2H2,1H3,(H,6,7);2-3H2,1H3/b4-3+;. The maximum Gasteiger partial charge on any atom is 0.0711 e. The van der Waals surface area contributed by atoms with Gasteiger partial charge in [-0.3, -0.25) is 0 Å². The first-order valence-electron chi connectivity index (χ1n) is 3.35. The Morgan fingerprint density at radius 2 is 2.00 bits per heavy atom. The van der Waals surface area contributed by atoms with Gasteiger partial charge in [-0.2, -0.15) is 0 Å². The third-order valence-corrected chi connectivity index (χ3v) is 0.490. The van der Waals surface area contributed by atoms with Gasteiger partial charge in [0.1, 0.15) is 0 Å². The summed E-state index contributed by atoms with van der Waals surface area (Å²) >= 11 is 0.